The number of aryl methyl sites for hydroxylation is 1. The van der Waals surface area contributed by atoms with Crippen LogP contribution < -0.4 is 5.73 Å². The molecule has 0 heterocycles. The second-order valence-electron chi connectivity index (χ2n) is 3.50. The zero-order valence-electron chi connectivity index (χ0n) is 8.45. The SMILES string of the molecule is CCC(N)(C(=O)O)c1ccc(C)cc1. The molecule has 1 unspecified atom stereocenters. The highest BCUT2D eigenvalue weighted by Gasteiger charge is 2.33. The molecular weight excluding hydrogens is 178 g/mol. The summed E-state index contributed by atoms with van der Waals surface area (Å²) < 4.78 is 0. The minimum absolute atomic E-state index is 0.380. The summed E-state index contributed by atoms with van der Waals surface area (Å²) >= 11 is 0. The maximum atomic E-state index is 11.0. The van der Waals surface area contributed by atoms with Gasteiger partial charge in [0.25, 0.3) is 0 Å². The summed E-state index contributed by atoms with van der Waals surface area (Å²) in [7, 11) is 0. The molecule has 3 heteroatoms. The van der Waals surface area contributed by atoms with Crippen molar-refractivity contribution in [2.45, 2.75) is 25.8 Å². The highest BCUT2D eigenvalue weighted by atomic mass is 16.4. The second kappa shape index (κ2) is 3.80. The molecule has 1 aromatic rings. The maximum Gasteiger partial charge on any atom is 0.328 e. The van der Waals surface area contributed by atoms with Gasteiger partial charge in [-0.3, -0.25) is 0 Å². The zero-order chi connectivity index (χ0) is 10.8. The number of benzene rings is 1. The first-order valence-electron chi connectivity index (χ1n) is 4.60. The van der Waals surface area contributed by atoms with E-state index in [0.717, 1.165) is 5.56 Å². The number of carbonyl (C=O) groups is 1. The van der Waals surface area contributed by atoms with Gasteiger partial charge in [-0.2, -0.15) is 0 Å². The molecule has 0 saturated carbocycles. The Morgan fingerprint density at radius 2 is 1.93 bits per heavy atom. The molecule has 3 N–H and O–H groups in total. The van der Waals surface area contributed by atoms with E-state index < -0.39 is 11.5 Å². The lowest BCUT2D eigenvalue weighted by Crippen LogP contribution is -2.44. The highest BCUT2D eigenvalue weighted by molar-refractivity contribution is 5.80. The standard InChI is InChI=1S/C11H15NO2/c1-3-11(12,10(13)14)9-6-4-8(2)5-7-9/h4-7H,3,12H2,1-2H3,(H,13,14). The lowest BCUT2D eigenvalue weighted by Gasteiger charge is -2.23. The van der Waals surface area contributed by atoms with Crippen LogP contribution in [0.25, 0.3) is 0 Å². The van der Waals surface area contributed by atoms with Crippen LogP contribution in [0.4, 0.5) is 0 Å². The van der Waals surface area contributed by atoms with E-state index >= 15 is 0 Å². The Morgan fingerprint density at radius 3 is 2.29 bits per heavy atom. The van der Waals surface area contributed by atoms with Crippen LogP contribution in [-0.4, -0.2) is 11.1 Å². The van der Waals surface area contributed by atoms with Crippen LogP contribution in [-0.2, 0) is 10.3 Å². The maximum absolute atomic E-state index is 11.0. The summed E-state index contributed by atoms with van der Waals surface area (Å²) in [6.07, 6.45) is 0.380. The molecule has 76 valence electrons. The third-order valence-electron chi connectivity index (χ3n) is 2.51. The van der Waals surface area contributed by atoms with Gasteiger partial charge < -0.3 is 10.8 Å². The Morgan fingerprint density at radius 1 is 1.43 bits per heavy atom. The van der Waals surface area contributed by atoms with E-state index in [1.807, 2.05) is 19.1 Å². The number of nitrogens with two attached hydrogens (primary N) is 1. The third kappa shape index (κ3) is 1.77. The molecule has 0 amide bonds. The third-order valence-corrected chi connectivity index (χ3v) is 2.51. The lowest BCUT2D eigenvalue weighted by atomic mass is 9.88. The van der Waals surface area contributed by atoms with E-state index in [9.17, 15) is 4.79 Å². The summed E-state index contributed by atoms with van der Waals surface area (Å²) in [6, 6.07) is 7.28. The molecular formula is C11H15NO2. The van der Waals surface area contributed by atoms with Crippen molar-refractivity contribution in [1.82, 2.24) is 0 Å². The summed E-state index contributed by atoms with van der Waals surface area (Å²) in [5.74, 6) is -0.983. The Hall–Kier alpha value is -1.35. The van der Waals surface area contributed by atoms with E-state index in [2.05, 4.69) is 0 Å². The van der Waals surface area contributed by atoms with Crippen LogP contribution in [0.5, 0.6) is 0 Å². The van der Waals surface area contributed by atoms with E-state index in [0.29, 0.717) is 12.0 Å². The van der Waals surface area contributed by atoms with Crippen molar-refractivity contribution < 1.29 is 9.90 Å². The quantitative estimate of drug-likeness (QED) is 0.767. The first-order valence-corrected chi connectivity index (χ1v) is 4.60. The minimum atomic E-state index is -1.26. The monoisotopic (exact) mass is 193 g/mol. The van der Waals surface area contributed by atoms with Gasteiger partial charge >= 0.3 is 5.97 Å². The molecule has 0 fully saturated rings. The first kappa shape index (κ1) is 10.7. The zero-order valence-corrected chi connectivity index (χ0v) is 8.45. The van der Waals surface area contributed by atoms with E-state index in [1.165, 1.54) is 0 Å². The number of hydrogen-bond acceptors (Lipinski definition) is 2. The lowest BCUT2D eigenvalue weighted by molar-refractivity contribution is -0.143. The molecule has 0 radical (unpaired) electrons. The highest BCUT2D eigenvalue weighted by Crippen LogP contribution is 2.22. The fourth-order valence-electron chi connectivity index (χ4n) is 1.33. The average molecular weight is 193 g/mol. The Labute approximate surface area is 83.6 Å². The number of rotatable bonds is 3. The van der Waals surface area contributed by atoms with E-state index in [4.69, 9.17) is 10.8 Å². The van der Waals surface area contributed by atoms with Gasteiger partial charge in [-0.1, -0.05) is 36.8 Å². The topological polar surface area (TPSA) is 63.3 Å². The van der Waals surface area contributed by atoms with Crippen LogP contribution in [0.15, 0.2) is 24.3 Å². The van der Waals surface area contributed by atoms with Crippen molar-refractivity contribution in [2.75, 3.05) is 0 Å². The summed E-state index contributed by atoms with van der Waals surface area (Å²) in [4.78, 5) is 11.0. The first-order chi connectivity index (χ1) is 6.50. The van der Waals surface area contributed by atoms with Gasteiger partial charge in [0.2, 0.25) is 0 Å². The van der Waals surface area contributed by atoms with Crippen molar-refractivity contribution in [3.05, 3.63) is 35.4 Å². The van der Waals surface area contributed by atoms with Crippen molar-refractivity contribution in [2.24, 2.45) is 5.73 Å². The number of hydrogen-bond donors (Lipinski definition) is 2. The van der Waals surface area contributed by atoms with Crippen molar-refractivity contribution in [3.8, 4) is 0 Å². The molecule has 0 aromatic heterocycles. The van der Waals surface area contributed by atoms with Gasteiger partial charge in [0.05, 0.1) is 0 Å². The molecule has 0 spiro atoms. The number of carboxylic acid groups (broad SMARTS) is 1. The van der Waals surface area contributed by atoms with Crippen LogP contribution in [0.1, 0.15) is 24.5 Å². The molecule has 0 aliphatic carbocycles. The minimum Gasteiger partial charge on any atom is -0.480 e. The number of carboxylic acids is 1. The summed E-state index contributed by atoms with van der Waals surface area (Å²) in [5, 5.41) is 9.03. The molecule has 1 aromatic carbocycles. The predicted octanol–water partition coefficient (Wildman–Crippen LogP) is 1.64. The van der Waals surface area contributed by atoms with Gasteiger partial charge in [-0.05, 0) is 18.9 Å². The van der Waals surface area contributed by atoms with E-state index in [-0.39, 0.29) is 0 Å². The fourth-order valence-corrected chi connectivity index (χ4v) is 1.33. The molecule has 14 heavy (non-hydrogen) atoms. The Kier molecular flexibility index (Phi) is 2.91. The Bertz CT molecular complexity index is 332. The summed E-state index contributed by atoms with van der Waals surface area (Å²) in [5.41, 5.74) is 6.30. The Balaban J connectivity index is 3.13. The van der Waals surface area contributed by atoms with Gasteiger partial charge in [-0.25, -0.2) is 4.79 Å². The van der Waals surface area contributed by atoms with Gasteiger partial charge in [0.1, 0.15) is 5.54 Å². The molecule has 0 bridgehead atoms. The molecule has 1 atom stereocenters. The molecule has 0 saturated heterocycles. The van der Waals surface area contributed by atoms with Crippen LogP contribution in [0, 0.1) is 6.92 Å². The van der Waals surface area contributed by atoms with Gasteiger partial charge in [0, 0.05) is 0 Å². The predicted molar refractivity (Wildman–Crippen MR) is 55.0 cm³/mol. The molecule has 0 aliphatic heterocycles. The average Bonchev–Trinajstić information content (AvgIpc) is 2.17. The normalized spacial score (nSPS) is 14.8. The molecule has 1 rings (SSSR count). The largest absolute Gasteiger partial charge is 0.480 e. The number of aliphatic carboxylic acids is 1. The summed E-state index contributed by atoms with van der Waals surface area (Å²) in [6.45, 7) is 3.72. The smallest absolute Gasteiger partial charge is 0.328 e. The van der Waals surface area contributed by atoms with Gasteiger partial charge in [0.15, 0.2) is 0 Å². The van der Waals surface area contributed by atoms with E-state index in [1.54, 1.807) is 19.1 Å². The van der Waals surface area contributed by atoms with Gasteiger partial charge in [-0.15, -0.1) is 0 Å². The second-order valence-corrected chi connectivity index (χ2v) is 3.50. The fraction of sp³-hybridized carbons (Fsp3) is 0.364. The van der Waals surface area contributed by atoms with Crippen LogP contribution in [0.2, 0.25) is 0 Å². The van der Waals surface area contributed by atoms with Crippen LogP contribution >= 0.6 is 0 Å². The van der Waals surface area contributed by atoms with Crippen molar-refractivity contribution >= 4 is 5.97 Å². The van der Waals surface area contributed by atoms with Crippen molar-refractivity contribution in [3.63, 3.8) is 0 Å². The molecule has 3 nitrogen and oxygen atoms in total. The molecule has 0 aliphatic rings. The van der Waals surface area contributed by atoms with Crippen LogP contribution in [0.3, 0.4) is 0 Å². The van der Waals surface area contributed by atoms with Crippen molar-refractivity contribution in [1.29, 1.82) is 0 Å².